The van der Waals surface area contributed by atoms with Crippen molar-refractivity contribution in [1.29, 1.82) is 0 Å². The first-order chi connectivity index (χ1) is 18.8. The molecule has 3 aliphatic rings. The minimum absolute atomic E-state index is 0.00391. The van der Waals surface area contributed by atoms with Crippen LogP contribution < -0.4 is 0 Å². The third kappa shape index (κ3) is 6.33. The summed E-state index contributed by atoms with van der Waals surface area (Å²) in [6, 6.07) is -0.641. The van der Waals surface area contributed by atoms with Crippen LogP contribution in [0.3, 0.4) is 0 Å². The van der Waals surface area contributed by atoms with E-state index in [0.717, 1.165) is 38.5 Å². The lowest BCUT2D eigenvalue weighted by Crippen LogP contribution is -2.61. The van der Waals surface area contributed by atoms with Crippen LogP contribution in [-0.2, 0) is 19.1 Å². The van der Waals surface area contributed by atoms with Crippen molar-refractivity contribution in [1.82, 2.24) is 9.80 Å². The fourth-order valence-electron chi connectivity index (χ4n) is 7.70. The molecule has 2 amide bonds. The van der Waals surface area contributed by atoms with Crippen molar-refractivity contribution < 1.29 is 24.2 Å². The molecular weight excluding hydrogens is 524 g/mol. The number of unbranched alkanes of at least 4 members (excludes halogenated alkanes) is 3. The highest BCUT2D eigenvalue weighted by molar-refractivity contribution is 8.02. The van der Waals surface area contributed by atoms with Crippen molar-refractivity contribution in [2.45, 2.75) is 108 Å². The van der Waals surface area contributed by atoms with Crippen molar-refractivity contribution in [2.75, 3.05) is 26.3 Å². The van der Waals surface area contributed by atoms with Crippen molar-refractivity contribution in [3.63, 3.8) is 0 Å². The molecular formula is C32H52N2O5S. The fraction of sp³-hybridized carbons (Fsp3) is 0.781. The minimum Gasteiger partial charge on any atom is -0.465 e. The highest BCUT2D eigenvalue weighted by Crippen LogP contribution is 2.69. The number of aliphatic hydroxyl groups is 1. The van der Waals surface area contributed by atoms with Gasteiger partial charge in [-0.25, -0.2) is 0 Å². The predicted molar refractivity (Wildman–Crippen MR) is 162 cm³/mol. The summed E-state index contributed by atoms with van der Waals surface area (Å²) in [6.45, 7) is 21.8. The monoisotopic (exact) mass is 576 g/mol. The molecule has 3 fully saturated rings. The molecule has 0 aromatic carbocycles. The number of aliphatic hydroxyl groups excluding tert-OH is 1. The summed E-state index contributed by atoms with van der Waals surface area (Å²) in [7, 11) is 0. The summed E-state index contributed by atoms with van der Waals surface area (Å²) in [4.78, 5) is 46.3. The molecule has 40 heavy (non-hydrogen) atoms. The Hall–Kier alpha value is -1.80. The number of hydrogen-bond acceptors (Lipinski definition) is 6. The van der Waals surface area contributed by atoms with Crippen molar-refractivity contribution >= 4 is 29.5 Å². The van der Waals surface area contributed by atoms with E-state index in [0.29, 0.717) is 19.5 Å². The standard InChI is InChI=1S/C32H52N2O5S/c1-9-11-19-39-29(38)24-23-20-22(3)32(40-23)25(24)27(36)33(17-14-12-13-15-18-35)26(32)28(37)34(16-10-2)31(7,8)21-30(4,5)6/h9-10,22-26,35H,1-2,11-21H2,3-8H3/t22?,23-,24+,25+,26?,32?/m1/s1. The molecule has 8 heteroatoms. The quantitative estimate of drug-likeness (QED) is 0.163. The minimum atomic E-state index is -0.663. The highest BCUT2D eigenvalue weighted by atomic mass is 32.2. The molecule has 226 valence electrons. The average molecular weight is 577 g/mol. The number of thioether (sulfide) groups is 1. The van der Waals surface area contributed by atoms with Gasteiger partial charge in [-0.05, 0) is 57.3 Å². The Labute approximate surface area is 246 Å². The zero-order valence-electron chi connectivity index (χ0n) is 25.6. The highest BCUT2D eigenvalue weighted by Gasteiger charge is 2.76. The first kappa shape index (κ1) is 32.7. The molecule has 0 aromatic rings. The maximum atomic E-state index is 14.8. The SMILES string of the molecule is C=CCCOC(=O)[C@@H]1[C@H]2C(=O)N(CCCCCCO)C(C(=O)N(CC=C)C(C)(C)CC(C)(C)C)C23S[C@@H]1CC3C. The molecule has 3 unspecified atom stereocenters. The summed E-state index contributed by atoms with van der Waals surface area (Å²) < 4.78 is 4.97. The number of rotatable bonds is 15. The van der Waals surface area contributed by atoms with Crippen molar-refractivity contribution in [2.24, 2.45) is 23.2 Å². The summed E-state index contributed by atoms with van der Waals surface area (Å²) in [5, 5.41) is 9.16. The second kappa shape index (κ2) is 13.0. The lowest BCUT2D eigenvalue weighted by Gasteiger charge is -2.46. The Morgan fingerprint density at radius 3 is 2.42 bits per heavy atom. The molecule has 3 aliphatic heterocycles. The first-order valence-corrected chi connectivity index (χ1v) is 15.9. The van der Waals surface area contributed by atoms with Crippen LogP contribution in [0, 0.1) is 23.2 Å². The third-order valence-corrected chi connectivity index (χ3v) is 11.0. The van der Waals surface area contributed by atoms with E-state index in [1.807, 2.05) is 9.80 Å². The maximum Gasteiger partial charge on any atom is 0.310 e. The van der Waals surface area contributed by atoms with Gasteiger partial charge in [0.05, 0.1) is 23.2 Å². The number of hydrogen-bond donors (Lipinski definition) is 1. The van der Waals surface area contributed by atoms with Gasteiger partial charge >= 0.3 is 5.97 Å². The van der Waals surface area contributed by atoms with Crippen LogP contribution in [0.1, 0.15) is 86.5 Å². The number of carbonyl (C=O) groups is 3. The van der Waals surface area contributed by atoms with Gasteiger partial charge in [-0.2, -0.15) is 0 Å². The van der Waals surface area contributed by atoms with Gasteiger partial charge in [0.25, 0.3) is 0 Å². The van der Waals surface area contributed by atoms with Gasteiger partial charge in [0, 0.05) is 30.5 Å². The Morgan fingerprint density at radius 1 is 1.15 bits per heavy atom. The lowest BCUT2D eigenvalue weighted by molar-refractivity contribution is -0.154. The second-order valence-electron chi connectivity index (χ2n) is 13.8. The largest absolute Gasteiger partial charge is 0.465 e. The van der Waals surface area contributed by atoms with E-state index in [9.17, 15) is 19.5 Å². The first-order valence-electron chi connectivity index (χ1n) is 15.1. The Kier molecular flexibility index (Phi) is 10.6. The van der Waals surface area contributed by atoms with Crippen LogP contribution in [0.2, 0.25) is 0 Å². The molecule has 0 radical (unpaired) electrons. The van der Waals surface area contributed by atoms with Crippen molar-refractivity contribution in [3.8, 4) is 0 Å². The van der Waals surface area contributed by atoms with E-state index in [-0.39, 0.29) is 47.6 Å². The van der Waals surface area contributed by atoms with Crippen LogP contribution in [-0.4, -0.2) is 80.6 Å². The van der Waals surface area contributed by atoms with Gasteiger partial charge in [0.1, 0.15) is 6.04 Å². The fourth-order valence-corrected chi connectivity index (χ4v) is 10.1. The second-order valence-corrected chi connectivity index (χ2v) is 15.3. The normalized spacial score (nSPS) is 29.4. The van der Waals surface area contributed by atoms with E-state index >= 15 is 0 Å². The van der Waals surface area contributed by atoms with Crippen LogP contribution >= 0.6 is 11.8 Å². The molecule has 0 aliphatic carbocycles. The Bertz CT molecular complexity index is 959. The third-order valence-electron chi connectivity index (χ3n) is 8.90. The average Bonchev–Trinajstić information content (AvgIpc) is 3.44. The summed E-state index contributed by atoms with van der Waals surface area (Å²) in [6.07, 6.45) is 8.86. The van der Waals surface area contributed by atoms with Crippen LogP contribution in [0.25, 0.3) is 0 Å². The summed E-state index contributed by atoms with van der Waals surface area (Å²) >= 11 is 1.69. The van der Waals surface area contributed by atoms with Gasteiger partial charge in [-0.15, -0.1) is 24.9 Å². The summed E-state index contributed by atoms with van der Waals surface area (Å²) in [5.74, 6) is -1.44. The predicted octanol–water partition coefficient (Wildman–Crippen LogP) is 5.23. The molecule has 3 rings (SSSR count). The van der Waals surface area contributed by atoms with Gasteiger partial charge in [0.2, 0.25) is 11.8 Å². The van der Waals surface area contributed by atoms with Crippen LogP contribution in [0.5, 0.6) is 0 Å². The van der Waals surface area contributed by atoms with E-state index in [2.05, 4.69) is 54.7 Å². The number of amides is 2. The summed E-state index contributed by atoms with van der Waals surface area (Å²) in [5.41, 5.74) is -0.461. The Balaban J connectivity index is 2.03. The molecule has 2 bridgehead atoms. The van der Waals surface area contributed by atoms with Crippen LogP contribution in [0.4, 0.5) is 0 Å². The topological polar surface area (TPSA) is 87.1 Å². The molecule has 3 heterocycles. The maximum absolute atomic E-state index is 14.8. The molecule has 7 nitrogen and oxygen atoms in total. The molecule has 0 saturated carbocycles. The van der Waals surface area contributed by atoms with Gasteiger partial charge in [-0.3, -0.25) is 14.4 Å². The van der Waals surface area contributed by atoms with Gasteiger partial charge < -0.3 is 19.6 Å². The zero-order valence-corrected chi connectivity index (χ0v) is 26.4. The number of carbonyl (C=O) groups excluding carboxylic acids is 3. The number of ether oxygens (including phenoxy) is 1. The number of likely N-dealkylation sites (tertiary alicyclic amines) is 1. The molecule has 1 N–H and O–H groups in total. The lowest BCUT2D eigenvalue weighted by atomic mass is 9.66. The smallest absolute Gasteiger partial charge is 0.310 e. The molecule has 3 saturated heterocycles. The van der Waals surface area contributed by atoms with Crippen LogP contribution in [0.15, 0.2) is 25.3 Å². The van der Waals surface area contributed by atoms with E-state index in [1.165, 1.54) is 0 Å². The number of esters is 1. The van der Waals surface area contributed by atoms with E-state index < -0.39 is 28.2 Å². The number of nitrogens with zero attached hydrogens (tertiary/aromatic N) is 2. The van der Waals surface area contributed by atoms with E-state index in [4.69, 9.17) is 4.74 Å². The Morgan fingerprint density at radius 2 is 1.82 bits per heavy atom. The molecule has 1 spiro atoms. The zero-order chi connectivity index (χ0) is 29.9. The number of fused-ring (bicyclic) bond motifs is 1. The molecule has 6 atom stereocenters. The van der Waals surface area contributed by atoms with Gasteiger partial charge in [-0.1, -0.05) is 52.7 Å². The van der Waals surface area contributed by atoms with E-state index in [1.54, 1.807) is 23.9 Å². The molecule has 0 aromatic heterocycles. The van der Waals surface area contributed by atoms with Gasteiger partial charge in [0.15, 0.2) is 0 Å². The van der Waals surface area contributed by atoms with Crippen molar-refractivity contribution in [3.05, 3.63) is 25.3 Å².